The van der Waals surface area contributed by atoms with E-state index < -0.39 is 5.97 Å². The van der Waals surface area contributed by atoms with Gasteiger partial charge in [-0.1, -0.05) is 34.1 Å². The smallest absolute Gasteiger partial charge is 0.394 e. The first-order chi connectivity index (χ1) is 10.1. The van der Waals surface area contributed by atoms with Crippen molar-refractivity contribution in [3.63, 3.8) is 0 Å². The number of nitrogens with zero attached hydrogens (tertiary/aromatic N) is 1. The summed E-state index contributed by atoms with van der Waals surface area (Å²) in [6.07, 6.45) is 0.114. The third kappa shape index (κ3) is 2.90. The molecule has 0 amide bonds. The molecule has 0 aliphatic heterocycles. The maximum Gasteiger partial charge on any atom is 0.394 e. The Balaban J connectivity index is 1.82. The summed E-state index contributed by atoms with van der Waals surface area (Å²) in [6, 6.07) is 12.2. The van der Waals surface area contributed by atoms with Crippen LogP contribution in [0.15, 0.2) is 51.4 Å². The van der Waals surface area contributed by atoms with E-state index in [0.717, 1.165) is 10.0 Å². The Morgan fingerprint density at radius 2 is 2.10 bits per heavy atom. The van der Waals surface area contributed by atoms with E-state index in [9.17, 15) is 4.79 Å². The van der Waals surface area contributed by atoms with Gasteiger partial charge in [-0.15, -0.1) is 0 Å². The van der Waals surface area contributed by atoms with Crippen molar-refractivity contribution in [2.75, 3.05) is 0 Å². The number of carbonyl (C=O) groups is 1. The van der Waals surface area contributed by atoms with Crippen molar-refractivity contribution in [2.45, 2.75) is 6.61 Å². The highest BCUT2D eigenvalue weighted by atomic mass is 79.9. The Labute approximate surface area is 128 Å². The zero-order valence-electron chi connectivity index (χ0n) is 10.7. The first-order valence-corrected chi connectivity index (χ1v) is 6.93. The Morgan fingerprint density at radius 3 is 2.86 bits per heavy atom. The lowest BCUT2D eigenvalue weighted by molar-refractivity contribution is 0.0697. The van der Waals surface area contributed by atoms with E-state index in [1.807, 2.05) is 24.3 Å². The summed E-state index contributed by atoms with van der Waals surface area (Å²) in [5.74, 6) is -1.01. The molecule has 21 heavy (non-hydrogen) atoms. The summed E-state index contributed by atoms with van der Waals surface area (Å²) in [5.41, 5.74) is 2.06. The minimum absolute atomic E-state index is 0.114. The predicted octanol–water partition coefficient (Wildman–Crippen LogP) is 3.87. The van der Waals surface area contributed by atoms with Crippen molar-refractivity contribution >= 4 is 33.0 Å². The number of carboxylic acid groups (broad SMARTS) is 1. The topological polar surface area (TPSA) is 72.6 Å². The molecule has 0 spiro atoms. The summed E-state index contributed by atoms with van der Waals surface area (Å²) < 4.78 is 11.9. The second-order valence-corrected chi connectivity index (χ2v) is 5.20. The van der Waals surface area contributed by atoms with Gasteiger partial charge in [0.05, 0.1) is 5.56 Å². The van der Waals surface area contributed by atoms with Crippen LogP contribution in [-0.4, -0.2) is 16.1 Å². The van der Waals surface area contributed by atoms with Gasteiger partial charge in [-0.25, -0.2) is 4.79 Å². The summed E-state index contributed by atoms with van der Waals surface area (Å²) in [4.78, 5) is 15.1. The fraction of sp³-hybridized carbons (Fsp3) is 0.0667. The number of aromatic nitrogens is 1. The van der Waals surface area contributed by atoms with Crippen LogP contribution in [0.25, 0.3) is 11.1 Å². The Kier molecular flexibility index (Phi) is 3.62. The zero-order chi connectivity index (χ0) is 14.8. The standard InChI is InChI=1S/C15H10BrNO4/c16-11-4-2-1-3-10(11)8-20-15-17-12-6-5-9(14(18)19)7-13(12)21-15/h1-7H,8H2,(H,18,19). The maximum atomic E-state index is 10.9. The number of benzene rings is 2. The van der Waals surface area contributed by atoms with Crippen molar-refractivity contribution < 1.29 is 19.1 Å². The third-order valence-corrected chi connectivity index (χ3v) is 3.70. The summed E-state index contributed by atoms with van der Waals surface area (Å²) in [6.45, 7) is 0.306. The van der Waals surface area contributed by atoms with Crippen LogP contribution in [0.2, 0.25) is 0 Å². The predicted molar refractivity (Wildman–Crippen MR) is 79.4 cm³/mol. The first-order valence-electron chi connectivity index (χ1n) is 6.13. The van der Waals surface area contributed by atoms with Crippen molar-refractivity contribution in [1.29, 1.82) is 0 Å². The monoisotopic (exact) mass is 347 g/mol. The summed E-state index contributed by atoms with van der Waals surface area (Å²) in [7, 11) is 0. The van der Waals surface area contributed by atoms with Crippen LogP contribution in [-0.2, 0) is 6.61 Å². The minimum atomic E-state index is -1.01. The fourth-order valence-electron chi connectivity index (χ4n) is 1.85. The van der Waals surface area contributed by atoms with Crippen LogP contribution in [0.4, 0.5) is 0 Å². The lowest BCUT2D eigenvalue weighted by Gasteiger charge is -2.03. The van der Waals surface area contributed by atoms with Crippen molar-refractivity contribution in [2.24, 2.45) is 0 Å². The molecule has 0 radical (unpaired) electrons. The molecule has 0 saturated heterocycles. The van der Waals surface area contributed by atoms with Gasteiger partial charge in [0.15, 0.2) is 5.58 Å². The molecule has 3 rings (SSSR count). The van der Waals surface area contributed by atoms with E-state index in [1.54, 1.807) is 6.07 Å². The van der Waals surface area contributed by atoms with Crippen molar-refractivity contribution in [1.82, 2.24) is 4.98 Å². The van der Waals surface area contributed by atoms with E-state index in [2.05, 4.69) is 20.9 Å². The lowest BCUT2D eigenvalue weighted by Crippen LogP contribution is -1.96. The molecule has 0 aliphatic carbocycles. The van der Waals surface area contributed by atoms with Gasteiger partial charge >= 0.3 is 12.0 Å². The lowest BCUT2D eigenvalue weighted by atomic mass is 10.2. The van der Waals surface area contributed by atoms with Crippen molar-refractivity contribution in [3.8, 4) is 6.08 Å². The molecule has 5 nitrogen and oxygen atoms in total. The number of oxazole rings is 1. The molecule has 0 aliphatic rings. The van der Waals surface area contributed by atoms with Gasteiger partial charge in [0.25, 0.3) is 0 Å². The molecule has 0 atom stereocenters. The Bertz CT molecular complexity index is 812. The number of rotatable bonds is 4. The fourth-order valence-corrected chi connectivity index (χ4v) is 2.25. The van der Waals surface area contributed by atoms with Gasteiger partial charge in [-0.05, 0) is 24.3 Å². The molecular weight excluding hydrogens is 338 g/mol. The van der Waals surface area contributed by atoms with Gasteiger partial charge in [-0.2, -0.15) is 4.98 Å². The molecule has 1 N–H and O–H groups in total. The van der Waals surface area contributed by atoms with Crippen LogP contribution < -0.4 is 4.74 Å². The molecule has 0 fully saturated rings. The molecule has 0 unspecified atom stereocenters. The molecular formula is C15H10BrNO4. The maximum absolute atomic E-state index is 10.9. The number of fused-ring (bicyclic) bond motifs is 1. The van der Waals surface area contributed by atoms with E-state index >= 15 is 0 Å². The molecule has 1 aromatic heterocycles. The minimum Gasteiger partial charge on any atom is -0.478 e. The van der Waals surface area contributed by atoms with Crippen LogP contribution in [0.3, 0.4) is 0 Å². The summed E-state index contributed by atoms with van der Waals surface area (Å²) in [5, 5.41) is 8.94. The Hall–Kier alpha value is -2.34. The largest absolute Gasteiger partial charge is 0.478 e. The molecule has 1 heterocycles. The van der Waals surface area contributed by atoms with E-state index in [1.165, 1.54) is 12.1 Å². The first kappa shape index (κ1) is 13.6. The number of halogens is 1. The molecule has 3 aromatic rings. The average molecular weight is 348 g/mol. The van der Waals surface area contributed by atoms with Crippen LogP contribution in [0.1, 0.15) is 15.9 Å². The molecule has 0 saturated carbocycles. The van der Waals surface area contributed by atoms with Gasteiger partial charge in [-0.3, -0.25) is 0 Å². The van der Waals surface area contributed by atoms with Gasteiger partial charge < -0.3 is 14.3 Å². The van der Waals surface area contributed by atoms with Crippen molar-refractivity contribution in [3.05, 3.63) is 58.1 Å². The number of aromatic carboxylic acids is 1. The van der Waals surface area contributed by atoms with Gasteiger partial charge in [0.2, 0.25) is 0 Å². The highest BCUT2D eigenvalue weighted by molar-refractivity contribution is 9.10. The number of hydrogen-bond acceptors (Lipinski definition) is 4. The van der Waals surface area contributed by atoms with Crippen LogP contribution in [0, 0.1) is 0 Å². The van der Waals surface area contributed by atoms with Gasteiger partial charge in [0.1, 0.15) is 12.1 Å². The second-order valence-electron chi connectivity index (χ2n) is 4.35. The molecule has 106 valence electrons. The Morgan fingerprint density at radius 1 is 1.29 bits per heavy atom. The molecule has 0 bridgehead atoms. The summed E-state index contributed by atoms with van der Waals surface area (Å²) >= 11 is 3.43. The highest BCUT2D eigenvalue weighted by Crippen LogP contribution is 2.23. The number of carboxylic acids is 1. The molecule has 2 aromatic carbocycles. The average Bonchev–Trinajstić information content (AvgIpc) is 2.88. The SMILES string of the molecule is O=C(O)c1ccc2nc(OCc3ccccc3Br)oc2c1. The van der Waals surface area contributed by atoms with E-state index in [-0.39, 0.29) is 11.6 Å². The van der Waals surface area contributed by atoms with Crippen LogP contribution >= 0.6 is 15.9 Å². The van der Waals surface area contributed by atoms with E-state index in [4.69, 9.17) is 14.3 Å². The number of hydrogen-bond donors (Lipinski definition) is 1. The van der Waals surface area contributed by atoms with E-state index in [0.29, 0.717) is 17.7 Å². The molecule has 6 heteroatoms. The second kappa shape index (κ2) is 5.57. The quantitative estimate of drug-likeness (QED) is 0.775. The highest BCUT2D eigenvalue weighted by Gasteiger charge is 2.11. The third-order valence-electron chi connectivity index (χ3n) is 2.92. The van der Waals surface area contributed by atoms with Crippen LogP contribution in [0.5, 0.6) is 6.08 Å². The zero-order valence-corrected chi connectivity index (χ0v) is 12.3. The van der Waals surface area contributed by atoms with Gasteiger partial charge in [0, 0.05) is 10.0 Å². The normalized spacial score (nSPS) is 10.7. The number of ether oxygens (including phenoxy) is 1.